The molecule has 0 bridgehead atoms. The molecule has 0 radical (unpaired) electrons. The summed E-state index contributed by atoms with van der Waals surface area (Å²) in [5, 5.41) is 0. The molecule has 2 aromatic rings. The van der Waals surface area contributed by atoms with Crippen LogP contribution >= 0.6 is 0 Å². The van der Waals surface area contributed by atoms with Crippen molar-refractivity contribution >= 4 is 5.91 Å². The zero-order chi connectivity index (χ0) is 17.5. The Morgan fingerprint density at radius 2 is 2.32 bits per heavy atom. The molecule has 1 atom stereocenters. The zero-order valence-electron chi connectivity index (χ0n) is 14.4. The molecule has 2 heterocycles. The van der Waals surface area contributed by atoms with Crippen LogP contribution < -0.4 is 4.74 Å². The third-order valence-corrected chi connectivity index (χ3v) is 4.32. The van der Waals surface area contributed by atoms with Crippen LogP contribution in [-0.4, -0.2) is 54.2 Å². The van der Waals surface area contributed by atoms with Crippen molar-refractivity contribution in [2.45, 2.75) is 12.8 Å². The Balaban J connectivity index is 1.62. The standard InChI is InChI=1S/C19H23N3O3/c1-24-18-4-2-3-15(10-18)11-19(23)22-7-8-25-13-16(12-22)9-17-5-6-20-14-21-17/h2-6,10,14,16H,7-9,11-13H2,1H3/t16-/m0/s1. The van der Waals surface area contributed by atoms with Gasteiger partial charge in [0.2, 0.25) is 5.91 Å². The number of nitrogens with zero attached hydrogens (tertiary/aromatic N) is 3. The average molecular weight is 341 g/mol. The molecule has 1 aromatic heterocycles. The van der Waals surface area contributed by atoms with Gasteiger partial charge in [0, 0.05) is 30.9 Å². The molecular formula is C19H23N3O3. The van der Waals surface area contributed by atoms with Gasteiger partial charge < -0.3 is 14.4 Å². The van der Waals surface area contributed by atoms with Gasteiger partial charge in [-0.2, -0.15) is 0 Å². The highest BCUT2D eigenvalue weighted by molar-refractivity contribution is 5.79. The molecule has 1 saturated heterocycles. The lowest BCUT2D eigenvalue weighted by Crippen LogP contribution is -2.37. The van der Waals surface area contributed by atoms with Crippen LogP contribution in [0.4, 0.5) is 0 Å². The highest BCUT2D eigenvalue weighted by Gasteiger charge is 2.23. The van der Waals surface area contributed by atoms with Crippen molar-refractivity contribution in [3.63, 3.8) is 0 Å². The van der Waals surface area contributed by atoms with Crippen LogP contribution in [0.2, 0.25) is 0 Å². The number of hydrogen-bond acceptors (Lipinski definition) is 5. The lowest BCUT2D eigenvalue weighted by molar-refractivity contribution is -0.130. The van der Waals surface area contributed by atoms with E-state index < -0.39 is 0 Å². The molecule has 1 fully saturated rings. The summed E-state index contributed by atoms with van der Waals surface area (Å²) in [6.45, 7) is 2.53. The van der Waals surface area contributed by atoms with Crippen LogP contribution in [0.1, 0.15) is 11.3 Å². The maximum absolute atomic E-state index is 12.7. The number of carbonyl (C=O) groups excluding carboxylic acids is 1. The van der Waals surface area contributed by atoms with Crippen LogP contribution in [0.25, 0.3) is 0 Å². The van der Waals surface area contributed by atoms with Gasteiger partial charge in [0.05, 0.1) is 26.7 Å². The normalized spacial score (nSPS) is 17.8. The molecule has 1 aliphatic rings. The number of carbonyl (C=O) groups is 1. The number of aromatic nitrogens is 2. The molecule has 0 aliphatic carbocycles. The minimum absolute atomic E-state index is 0.117. The maximum atomic E-state index is 12.7. The Bertz CT molecular complexity index is 693. The summed E-state index contributed by atoms with van der Waals surface area (Å²) >= 11 is 0. The SMILES string of the molecule is COc1cccc(CC(=O)N2CCOC[C@@H](Cc3ccncn3)C2)c1. The Hall–Kier alpha value is -2.47. The molecule has 132 valence electrons. The summed E-state index contributed by atoms with van der Waals surface area (Å²) in [6.07, 6.45) is 4.45. The highest BCUT2D eigenvalue weighted by atomic mass is 16.5. The van der Waals surface area contributed by atoms with Crippen molar-refractivity contribution < 1.29 is 14.3 Å². The maximum Gasteiger partial charge on any atom is 0.227 e. The minimum Gasteiger partial charge on any atom is -0.497 e. The van der Waals surface area contributed by atoms with Crippen molar-refractivity contribution in [3.8, 4) is 5.75 Å². The van der Waals surface area contributed by atoms with Gasteiger partial charge >= 0.3 is 0 Å². The second kappa shape index (κ2) is 8.58. The average Bonchev–Trinajstić information content (AvgIpc) is 2.88. The van der Waals surface area contributed by atoms with Crippen molar-refractivity contribution in [1.29, 1.82) is 0 Å². The molecule has 25 heavy (non-hydrogen) atoms. The van der Waals surface area contributed by atoms with E-state index in [-0.39, 0.29) is 11.8 Å². The Morgan fingerprint density at radius 3 is 3.12 bits per heavy atom. The summed E-state index contributed by atoms with van der Waals surface area (Å²) in [4.78, 5) is 22.8. The van der Waals surface area contributed by atoms with E-state index in [9.17, 15) is 4.79 Å². The second-order valence-corrected chi connectivity index (χ2v) is 6.21. The lowest BCUT2D eigenvalue weighted by Gasteiger charge is -2.23. The van der Waals surface area contributed by atoms with E-state index in [4.69, 9.17) is 9.47 Å². The lowest BCUT2D eigenvalue weighted by atomic mass is 10.0. The molecule has 0 spiro atoms. The van der Waals surface area contributed by atoms with E-state index >= 15 is 0 Å². The number of rotatable bonds is 5. The van der Waals surface area contributed by atoms with Gasteiger partial charge in [0.25, 0.3) is 0 Å². The van der Waals surface area contributed by atoms with Crippen molar-refractivity contribution in [1.82, 2.24) is 14.9 Å². The predicted molar refractivity (Wildman–Crippen MR) is 93.3 cm³/mol. The molecule has 1 aromatic carbocycles. The summed E-state index contributed by atoms with van der Waals surface area (Å²) < 4.78 is 10.9. The third kappa shape index (κ3) is 5.00. The predicted octanol–water partition coefficient (Wildman–Crippen LogP) is 1.75. The van der Waals surface area contributed by atoms with E-state index in [1.807, 2.05) is 35.2 Å². The first-order valence-corrected chi connectivity index (χ1v) is 8.48. The van der Waals surface area contributed by atoms with Gasteiger partial charge in [-0.25, -0.2) is 9.97 Å². The monoisotopic (exact) mass is 341 g/mol. The first-order valence-electron chi connectivity index (χ1n) is 8.48. The number of ether oxygens (including phenoxy) is 2. The highest BCUT2D eigenvalue weighted by Crippen LogP contribution is 2.16. The molecule has 1 amide bonds. The molecule has 6 nitrogen and oxygen atoms in total. The molecule has 0 unspecified atom stereocenters. The van der Waals surface area contributed by atoms with E-state index in [1.165, 1.54) is 0 Å². The summed E-state index contributed by atoms with van der Waals surface area (Å²) in [7, 11) is 1.63. The molecule has 6 heteroatoms. The van der Waals surface area contributed by atoms with Gasteiger partial charge in [-0.15, -0.1) is 0 Å². The Labute approximate surface area is 147 Å². The molecule has 1 aliphatic heterocycles. The molecule has 3 rings (SSSR count). The van der Waals surface area contributed by atoms with Crippen molar-refractivity contribution in [2.75, 3.05) is 33.4 Å². The summed E-state index contributed by atoms with van der Waals surface area (Å²) in [6, 6.07) is 9.56. The smallest absolute Gasteiger partial charge is 0.227 e. The number of amides is 1. The third-order valence-electron chi connectivity index (χ3n) is 4.32. The zero-order valence-corrected chi connectivity index (χ0v) is 14.4. The van der Waals surface area contributed by atoms with E-state index in [2.05, 4.69) is 9.97 Å². The molecular weight excluding hydrogens is 318 g/mol. The minimum atomic E-state index is 0.117. The van der Waals surface area contributed by atoms with Crippen LogP contribution in [-0.2, 0) is 22.4 Å². The van der Waals surface area contributed by atoms with Crippen molar-refractivity contribution in [3.05, 3.63) is 54.1 Å². The van der Waals surface area contributed by atoms with Gasteiger partial charge in [-0.05, 0) is 30.2 Å². The molecule has 0 N–H and O–H groups in total. The van der Waals surface area contributed by atoms with Gasteiger partial charge in [-0.1, -0.05) is 12.1 Å². The number of hydrogen-bond donors (Lipinski definition) is 0. The largest absolute Gasteiger partial charge is 0.497 e. The second-order valence-electron chi connectivity index (χ2n) is 6.21. The fourth-order valence-corrected chi connectivity index (χ4v) is 3.03. The van der Waals surface area contributed by atoms with Crippen LogP contribution in [0.5, 0.6) is 5.75 Å². The van der Waals surface area contributed by atoms with Gasteiger partial charge in [0.1, 0.15) is 12.1 Å². The summed E-state index contributed by atoms with van der Waals surface area (Å²) in [5.74, 6) is 1.13. The van der Waals surface area contributed by atoms with E-state index in [0.717, 1.165) is 23.4 Å². The Morgan fingerprint density at radius 1 is 1.40 bits per heavy atom. The first-order chi connectivity index (χ1) is 12.2. The quantitative estimate of drug-likeness (QED) is 0.829. The van der Waals surface area contributed by atoms with Crippen LogP contribution in [0.3, 0.4) is 0 Å². The fourth-order valence-electron chi connectivity index (χ4n) is 3.03. The topological polar surface area (TPSA) is 64.5 Å². The molecule has 0 saturated carbocycles. The summed E-state index contributed by atoms with van der Waals surface area (Å²) in [5.41, 5.74) is 1.94. The van der Waals surface area contributed by atoms with Gasteiger partial charge in [0.15, 0.2) is 0 Å². The Kier molecular flexibility index (Phi) is 5.95. The fraction of sp³-hybridized carbons (Fsp3) is 0.421. The number of methoxy groups -OCH3 is 1. The van der Waals surface area contributed by atoms with Crippen LogP contribution in [0, 0.1) is 5.92 Å². The van der Waals surface area contributed by atoms with E-state index in [0.29, 0.717) is 32.7 Å². The van der Waals surface area contributed by atoms with E-state index in [1.54, 1.807) is 19.6 Å². The number of benzene rings is 1. The van der Waals surface area contributed by atoms with Crippen molar-refractivity contribution in [2.24, 2.45) is 5.92 Å². The van der Waals surface area contributed by atoms with Crippen LogP contribution in [0.15, 0.2) is 42.9 Å². The first kappa shape index (κ1) is 17.4. The van der Waals surface area contributed by atoms with Gasteiger partial charge in [-0.3, -0.25) is 4.79 Å².